The van der Waals surface area contributed by atoms with Crippen molar-refractivity contribution in [3.05, 3.63) is 46.5 Å². The molecule has 0 saturated carbocycles. The molecule has 1 aliphatic heterocycles. The maximum atomic E-state index is 12.1. The number of piperidine rings is 1. The number of rotatable bonds is 5. The first-order valence-corrected chi connectivity index (χ1v) is 8.16. The van der Waals surface area contributed by atoms with E-state index in [9.17, 15) is 4.79 Å². The molecule has 0 spiro atoms. The molecule has 5 heteroatoms. The molecule has 2 aromatic rings. The Hall–Kier alpha value is -1.72. The Morgan fingerprint density at radius 1 is 1.32 bits per heavy atom. The average molecular weight is 300 g/mol. The van der Waals surface area contributed by atoms with Crippen LogP contribution in [0.25, 0.3) is 5.65 Å². The molecule has 0 atom stereocenters. The fourth-order valence-electron chi connectivity index (χ4n) is 3.11. The fraction of sp³-hybridized carbons (Fsp3) is 0.529. The third kappa shape index (κ3) is 3.54. The zero-order valence-corrected chi connectivity index (χ0v) is 13.2. The Bertz CT molecular complexity index is 674. The summed E-state index contributed by atoms with van der Waals surface area (Å²) in [4.78, 5) is 19.1. The molecule has 118 valence electrons. The molecule has 1 N–H and O–H groups in total. The minimum absolute atomic E-state index is 0.00244. The fourth-order valence-corrected chi connectivity index (χ4v) is 3.11. The molecular formula is C17H24N4O. The summed E-state index contributed by atoms with van der Waals surface area (Å²) < 4.78 is 1.59. The molecule has 3 rings (SSSR count). The number of nitrogens with one attached hydrogen (secondary N) is 1. The topological polar surface area (TPSA) is 49.6 Å². The molecule has 0 unspecified atom stereocenters. The maximum Gasteiger partial charge on any atom is 0.258 e. The first kappa shape index (κ1) is 15.2. The van der Waals surface area contributed by atoms with Gasteiger partial charge in [-0.2, -0.15) is 0 Å². The van der Waals surface area contributed by atoms with Gasteiger partial charge in [-0.3, -0.25) is 14.1 Å². The molecule has 0 aromatic carbocycles. The number of fused-ring (bicyclic) bond motifs is 1. The van der Waals surface area contributed by atoms with Crippen LogP contribution in [0, 0.1) is 5.92 Å². The molecule has 0 bridgehead atoms. The standard InChI is InChI=1S/C17H24N4O/c1-2-18-12-14-6-9-20(10-7-14)13-15-11-17(22)21-8-4-3-5-16(21)19-15/h3-5,8,11,14,18H,2,6-7,9-10,12-13H2,1H3. The quantitative estimate of drug-likeness (QED) is 0.909. The Balaban J connectivity index is 1.63. The van der Waals surface area contributed by atoms with E-state index in [-0.39, 0.29) is 5.56 Å². The summed E-state index contributed by atoms with van der Waals surface area (Å²) in [5, 5.41) is 3.44. The van der Waals surface area contributed by atoms with Crippen LogP contribution in [0.1, 0.15) is 25.5 Å². The second-order valence-corrected chi connectivity index (χ2v) is 6.04. The van der Waals surface area contributed by atoms with Gasteiger partial charge in [-0.15, -0.1) is 0 Å². The normalized spacial score (nSPS) is 17.1. The van der Waals surface area contributed by atoms with Gasteiger partial charge in [0.1, 0.15) is 5.65 Å². The number of pyridine rings is 1. The Kier molecular flexibility index (Phi) is 4.85. The average Bonchev–Trinajstić information content (AvgIpc) is 2.54. The van der Waals surface area contributed by atoms with Crippen LogP contribution in [-0.4, -0.2) is 40.5 Å². The Labute approximate surface area is 131 Å². The summed E-state index contributed by atoms with van der Waals surface area (Å²) in [5.74, 6) is 0.784. The highest BCUT2D eigenvalue weighted by Crippen LogP contribution is 2.17. The van der Waals surface area contributed by atoms with Crippen LogP contribution < -0.4 is 10.9 Å². The summed E-state index contributed by atoms with van der Waals surface area (Å²) in [7, 11) is 0. The third-order valence-electron chi connectivity index (χ3n) is 4.40. The van der Waals surface area contributed by atoms with Gasteiger partial charge in [-0.05, 0) is 57.1 Å². The maximum absolute atomic E-state index is 12.1. The minimum atomic E-state index is 0.00244. The van der Waals surface area contributed by atoms with Crippen LogP contribution in [-0.2, 0) is 6.54 Å². The van der Waals surface area contributed by atoms with Crippen molar-refractivity contribution in [1.82, 2.24) is 19.6 Å². The number of nitrogens with zero attached hydrogens (tertiary/aromatic N) is 3. The first-order chi connectivity index (χ1) is 10.8. The van der Waals surface area contributed by atoms with E-state index in [1.165, 1.54) is 12.8 Å². The monoisotopic (exact) mass is 300 g/mol. The van der Waals surface area contributed by atoms with Crippen molar-refractivity contribution < 1.29 is 0 Å². The zero-order valence-electron chi connectivity index (χ0n) is 13.2. The van der Waals surface area contributed by atoms with E-state index in [4.69, 9.17) is 0 Å². The first-order valence-electron chi connectivity index (χ1n) is 8.16. The lowest BCUT2D eigenvalue weighted by Gasteiger charge is -2.31. The smallest absolute Gasteiger partial charge is 0.258 e. The highest BCUT2D eigenvalue weighted by molar-refractivity contribution is 5.37. The Morgan fingerprint density at radius 3 is 2.91 bits per heavy atom. The van der Waals surface area contributed by atoms with E-state index in [1.54, 1.807) is 16.7 Å². The number of likely N-dealkylation sites (tertiary alicyclic amines) is 1. The molecule has 1 fully saturated rings. The van der Waals surface area contributed by atoms with Crippen LogP contribution in [0.4, 0.5) is 0 Å². The van der Waals surface area contributed by atoms with Gasteiger partial charge in [0, 0.05) is 18.8 Å². The second-order valence-electron chi connectivity index (χ2n) is 6.04. The van der Waals surface area contributed by atoms with Gasteiger partial charge in [0.15, 0.2) is 0 Å². The van der Waals surface area contributed by atoms with E-state index in [1.807, 2.05) is 18.2 Å². The lowest BCUT2D eigenvalue weighted by Crippen LogP contribution is -2.37. The van der Waals surface area contributed by atoms with E-state index in [0.29, 0.717) is 0 Å². The predicted octanol–water partition coefficient (Wildman–Crippen LogP) is 1.52. The highest BCUT2D eigenvalue weighted by atomic mass is 16.1. The van der Waals surface area contributed by atoms with Gasteiger partial charge in [-0.25, -0.2) is 4.98 Å². The van der Waals surface area contributed by atoms with Crippen LogP contribution in [0.2, 0.25) is 0 Å². The van der Waals surface area contributed by atoms with Crippen molar-refractivity contribution in [3.8, 4) is 0 Å². The predicted molar refractivity (Wildman–Crippen MR) is 88.0 cm³/mol. The van der Waals surface area contributed by atoms with E-state index < -0.39 is 0 Å². The van der Waals surface area contributed by atoms with Gasteiger partial charge in [0.2, 0.25) is 0 Å². The molecule has 0 radical (unpaired) electrons. The summed E-state index contributed by atoms with van der Waals surface area (Å²) in [5.41, 5.74) is 1.61. The van der Waals surface area contributed by atoms with Crippen molar-refractivity contribution >= 4 is 5.65 Å². The molecule has 1 aliphatic rings. The van der Waals surface area contributed by atoms with Crippen LogP contribution in [0.3, 0.4) is 0 Å². The minimum Gasteiger partial charge on any atom is -0.317 e. The largest absolute Gasteiger partial charge is 0.317 e. The SMILES string of the molecule is CCNCC1CCN(Cc2cc(=O)n3ccccc3n2)CC1. The summed E-state index contributed by atoms with van der Waals surface area (Å²) in [6.45, 7) is 7.27. The molecule has 2 aromatic heterocycles. The van der Waals surface area contributed by atoms with E-state index >= 15 is 0 Å². The molecule has 22 heavy (non-hydrogen) atoms. The van der Waals surface area contributed by atoms with Crippen LogP contribution in [0.15, 0.2) is 35.3 Å². The molecule has 1 saturated heterocycles. The van der Waals surface area contributed by atoms with Crippen molar-refractivity contribution in [2.45, 2.75) is 26.3 Å². The van der Waals surface area contributed by atoms with Crippen LogP contribution >= 0.6 is 0 Å². The van der Waals surface area contributed by atoms with Gasteiger partial charge >= 0.3 is 0 Å². The molecule has 0 amide bonds. The van der Waals surface area contributed by atoms with Crippen molar-refractivity contribution in [1.29, 1.82) is 0 Å². The highest BCUT2D eigenvalue weighted by Gasteiger charge is 2.19. The molecule has 0 aliphatic carbocycles. The molecular weight excluding hydrogens is 276 g/mol. The Morgan fingerprint density at radius 2 is 2.14 bits per heavy atom. The van der Waals surface area contributed by atoms with Gasteiger partial charge in [0.25, 0.3) is 5.56 Å². The van der Waals surface area contributed by atoms with Crippen LogP contribution in [0.5, 0.6) is 0 Å². The molecule has 3 heterocycles. The summed E-state index contributed by atoms with van der Waals surface area (Å²) in [6, 6.07) is 7.31. The number of hydrogen-bond donors (Lipinski definition) is 1. The summed E-state index contributed by atoms with van der Waals surface area (Å²) >= 11 is 0. The third-order valence-corrected chi connectivity index (χ3v) is 4.40. The van der Waals surface area contributed by atoms with Crippen molar-refractivity contribution in [3.63, 3.8) is 0 Å². The summed E-state index contributed by atoms with van der Waals surface area (Å²) in [6.07, 6.45) is 4.21. The number of hydrogen-bond acceptors (Lipinski definition) is 4. The second kappa shape index (κ2) is 7.03. The van der Waals surface area contributed by atoms with Gasteiger partial charge in [-0.1, -0.05) is 13.0 Å². The van der Waals surface area contributed by atoms with Gasteiger partial charge < -0.3 is 5.32 Å². The van der Waals surface area contributed by atoms with E-state index in [2.05, 4.69) is 22.1 Å². The van der Waals surface area contributed by atoms with Crippen molar-refractivity contribution in [2.75, 3.05) is 26.2 Å². The molecule has 5 nitrogen and oxygen atoms in total. The lowest BCUT2D eigenvalue weighted by atomic mass is 9.96. The van der Waals surface area contributed by atoms with Crippen molar-refractivity contribution in [2.24, 2.45) is 5.92 Å². The van der Waals surface area contributed by atoms with Gasteiger partial charge in [0.05, 0.1) is 5.69 Å². The number of aromatic nitrogens is 2. The van der Waals surface area contributed by atoms with E-state index in [0.717, 1.165) is 50.0 Å². The zero-order chi connectivity index (χ0) is 15.4. The lowest BCUT2D eigenvalue weighted by molar-refractivity contribution is 0.174.